The molecule has 0 aliphatic heterocycles. The highest BCUT2D eigenvalue weighted by Gasteiger charge is 2.12. The fraction of sp³-hybridized carbons (Fsp3) is 0.538. The molecule has 0 aliphatic rings. The molecular weight excluding hydrogens is 252 g/mol. The van der Waals surface area contributed by atoms with Crippen molar-refractivity contribution in [1.29, 1.82) is 0 Å². The lowest BCUT2D eigenvalue weighted by atomic mass is 9.94. The summed E-state index contributed by atoms with van der Waals surface area (Å²) in [6, 6.07) is 8.17. The zero-order valence-corrected chi connectivity index (χ0v) is 10.8. The number of benzene rings is 1. The molecule has 0 spiro atoms. The molecule has 0 heterocycles. The third kappa shape index (κ3) is 3.96. The van der Waals surface area contributed by atoms with Crippen molar-refractivity contribution in [3.63, 3.8) is 0 Å². The minimum absolute atomic E-state index is 0.242. The Morgan fingerprint density at radius 2 is 2.00 bits per heavy atom. The van der Waals surface area contributed by atoms with E-state index < -0.39 is 0 Å². The van der Waals surface area contributed by atoms with Crippen LogP contribution in [-0.2, 0) is 0 Å². The second-order valence-electron chi connectivity index (χ2n) is 3.90. The Bertz CT molecular complexity index is 286. The quantitative estimate of drug-likeness (QED) is 0.772. The largest absolute Gasteiger partial charge is 0.396 e. The van der Waals surface area contributed by atoms with Gasteiger partial charge in [-0.05, 0) is 18.1 Å². The van der Waals surface area contributed by atoms with Gasteiger partial charge in [0.25, 0.3) is 0 Å². The zero-order valence-electron chi connectivity index (χ0n) is 9.25. The summed E-state index contributed by atoms with van der Waals surface area (Å²) >= 11 is 3.54. The number of aliphatic hydroxyl groups excluding tert-OH is 1. The molecule has 0 bridgehead atoms. The summed E-state index contributed by atoms with van der Waals surface area (Å²) in [6.07, 6.45) is 4.76. The first-order chi connectivity index (χ1) is 7.29. The van der Waals surface area contributed by atoms with Gasteiger partial charge in [0.1, 0.15) is 0 Å². The van der Waals surface area contributed by atoms with Crippen molar-refractivity contribution in [2.45, 2.75) is 38.5 Å². The molecule has 0 saturated carbocycles. The van der Waals surface area contributed by atoms with E-state index in [0.29, 0.717) is 0 Å². The smallest absolute Gasteiger partial charge is 0.0500 e. The highest BCUT2D eigenvalue weighted by molar-refractivity contribution is 9.10. The molecular formula is C13H19BrO. The molecule has 2 heteroatoms. The molecule has 1 rings (SSSR count). The minimum Gasteiger partial charge on any atom is -0.396 e. The van der Waals surface area contributed by atoms with Crippen LogP contribution < -0.4 is 0 Å². The van der Waals surface area contributed by atoms with Crippen molar-refractivity contribution < 1.29 is 5.11 Å². The van der Waals surface area contributed by atoms with Gasteiger partial charge in [-0.25, -0.2) is 0 Å². The first-order valence-corrected chi connectivity index (χ1v) is 6.44. The molecule has 0 saturated heterocycles. The van der Waals surface area contributed by atoms with Crippen LogP contribution in [-0.4, -0.2) is 11.7 Å². The Morgan fingerprint density at radius 1 is 1.27 bits per heavy atom. The van der Waals surface area contributed by atoms with E-state index in [1.165, 1.54) is 24.8 Å². The van der Waals surface area contributed by atoms with Gasteiger partial charge in [-0.1, -0.05) is 60.3 Å². The molecule has 84 valence electrons. The molecule has 1 unspecified atom stereocenters. The molecule has 1 aromatic rings. The summed E-state index contributed by atoms with van der Waals surface area (Å²) < 4.78 is 1.11. The molecule has 1 N–H and O–H groups in total. The van der Waals surface area contributed by atoms with Crippen LogP contribution >= 0.6 is 15.9 Å². The van der Waals surface area contributed by atoms with Crippen LogP contribution in [0.1, 0.15) is 44.1 Å². The van der Waals surface area contributed by atoms with E-state index in [0.717, 1.165) is 10.9 Å². The molecule has 1 nitrogen and oxygen atoms in total. The maximum absolute atomic E-state index is 9.38. The second-order valence-corrected chi connectivity index (χ2v) is 4.75. The number of hydrogen-bond acceptors (Lipinski definition) is 1. The highest BCUT2D eigenvalue weighted by atomic mass is 79.9. The van der Waals surface area contributed by atoms with Crippen molar-refractivity contribution in [3.05, 3.63) is 34.3 Å². The number of hydrogen-bond donors (Lipinski definition) is 1. The molecule has 1 aromatic carbocycles. The van der Waals surface area contributed by atoms with E-state index in [1.807, 2.05) is 18.2 Å². The van der Waals surface area contributed by atoms with Gasteiger partial charge in [0.05, 0.1) is 0 Å². The average Bonchev–Trinajstić information content (AvgIpc) is 2.26. The number of rotatable bonds is 6. The van der Waals surface area contributed by atoms with Gasteiger partial charge in [0.15, 0.2) is 0 Å². The lowest BCUT2D eigenvalue weighted by molar-refractivity contribution is 0.256. The van der Waals surface area contributed by atoms with Crippen molar-refractivity contribution in [3.8, 4) is 0 Å². The van der Waals surface area contributed by atoms with Crippen LogP contribution in [0.3, 0.4) is 0 Å². The normalized spacial score (nSPS) is 12.7. The summed E-state index contributed by atoms with van der Waals surface area (Å²) in [5.74, 6) is 0.284. The van der Waals surface area contributed by atoms with Gasteiger partial charge in [-0.3, -0.25) is 0 Å². The molecule has 0 amide bonds. The maximum atomic E-state index is 9.38. The second kappa shape index (κ2) is 7.02. The molecule has 0 fully saturated rings. The average molecular weight is 271 g/mol. The van der Waals surface area contributed by atoms with Crippen LogP contribution in [0.15, 0.2) is 28.7 Å². The topological polar surface area (TPSA) is 20.2 Å². The van der Waals surface area contributed by atoms with Crippen LogP contribution in [0.4, 0.5) is 0 Å². The van der Waals surface area contributed by atoms with Gasteiger partial charge >= 0.3 is 0 Å². The Hall–Kier alpha value is -0.340. The van der Waals surface area contributed by atoms with Crippen LogP contribution in [0.25, 0.3) is 0 Å². The summed E-state index contributed by atoms with van der Waals surface area (Å²) in [7, 11) is 0. The lowest BCUT2D eigenvalue weighted by Crippen LogP contribution is -2.04. The van der Waals surface area contributed by atoms with E-state index in [-0.39, 0.29) is 12.5 Å². The van der Waals surface area contributed by atoms with E-state index in [2.05, 4.69) is 28.9 Å². The molecule has 0 aromatic heterocycles. The predicted octanol–water partition coefficient (Wildman–Crippen LogP) is 4.11. The standard InChI is InChI=1S/C13H19BrO/c1-2-3-4-7-11(10-15)12-8-5-6-9-13(12)14/h5-6,8-9,11,15H,2-4,7,10H2,1H3. The molecule has 0 aliphatic carbocycles. The predicted molar refractivity (Wildman–Crippen MR) is 68.1 cm³/mol. The zero-order chi connectivity index (χ0) is 11.1. The Labute approximate surface area is 101 Å². The van der Waals surface area contributed by atoms with Gasteiger partial charge in [-0.15, -0.1) is 0 Å². The van der Waals surface area contributed by atoms with Crippen LogP contribution in [0.5, 0.6) is 0 Å². The Balaban J connectivity index is 2.61. The monoisotopic (exact) mass is 270 g/mol. The highest BCUT2D eigenvalue weighted by Crippen LogP contribution is 2.28. The number of unbranched alkanes of at least 4 members (excludes halogenated alkanes) is 2. The van der Waals surface area contributed by atoms with Gasteiger partial charge in [0, 0.05) is 17.0 Å². The Morgan fingerprint density at radius 3 is 2.60 bits per heavy atom. The van der Waals surface area contributed by atoms with Crippen LogP contribution in [0, 0.1) is 0 Å². The van der Waals surface area contributed by atoms with E-state index in [1.54, 1.807) is 0 Å². The molecule has 1 atom stereocenters. The number of aliphatic hydroxyl groups is 1. The SMILES string of the molecule is CCCCCC(CO)c1ccccc1Br. The third-order valence-corrected chi connectivity index (χ3v) is 3.44. The first-order valence-electron chi connectivity index (χ1n) is 5.64. The third-order valence-electron chi connectivity index (χ3n) is 2.72. The fourth-order valence-electron chi connectivity index (χ4n) is 1.79. The van der Waals surface area contributed by atoms with Crippen molar-refractivity contribution in [1.82, 2.24) is 0 Å². The van der Waals surface area contributed by atoms with Gasteiger partial charge < -0.3 is 5.11 Å². The van der Waals surface area contributed by atoms with E-state index in [4.69, 9.17) is 0 Å². The van der Waals surface area contributed by atoms with Crippen molar-refractivity contribution >= 4 is 15.9 Å². The molecule has 0 radical (unpaired) electrons. The minimum atomic E-state index is 0.242. The van der Waals surface area contributed by atoms with Crippen molar-refractivity contribution in [2.75, 3.05) is 6.61 Å². The molecule has 15 heavy (non-hydrogen) atoms. The summed E-state index contributed by atoms with van der Waals surface area (Å²) in [4.78, 5) is 0. The summed E-state index contributed by atoms with van der Waals surface area (Å²) in [5, 5.41) is 9.38. The summed E-state index contributed by atoms with van der Waals surface area (Å²) in [6.45, 7) is 2.44. The maximum Gasteiger partial charge on any atom is 0.0500 e. The van der Waals surface area contributed by atoms with Gasteiger partial charge in [0.2, 0.25) is 0 Å². The van der Waals surface area contributed by atoms with Crippen LogP contribution in [0.2, 0.25) is 0 Å². The lowest BCUT2D eigenvalue weighted by Gasteiger charge is -2.15. The van der Waals surface area contributed by atoms with Gasteiger partial charge in [-0.2, -0.15) is 0 Å². The van der Waals surface area contributed by atoms with Crippen molar-refractivity contribution in [2.24, 2.45) is 0 Å². The number of halogens is 1. The van der Waals surface area contributed by atoms with E-state index in [9.17, 15) is 5.11 Å². The Kier molecular flexibility index (Phi) is 5.96. The first kappa shape index (κ1) is 12.7. The summed E-state index contributed by atoms with van der Waals surface area (Å²) in [5.41, 5.74) is 1.23. The van der Waals surface area contributed by atoms with E-state index >= 15 is 0 Å². The fourth-order valence-corrected chi connectivity index (χ4v) is 2.40.